The molecule has 0 aliphatic carbocycles. The van der Waals surface area contributed by atoms with Crippen LogP contribution in [0.25, 0.3) is 0 Å². The maximum absolute atomic E-state index is 6.00. The second-order valence-electron chi connectivity index (χ2n) is 4.99. The molecule has 0 spiro atoms. The molecule has 0 radical (unpaired) electrons. The number of aryl methyl sites for hydroxylation is 1. The van der Waals surface area contributed by atoms with Crippen molar-refractivity contribution >= 4 is 0 Å². The van der Waals surface area contributed by atoms with Crippen LogP contribution in [0, 0.1) is 0 Å². The summed E-state index contributed by atoms with van der Waals surface area (Å²) in [5, 5.41) is 4.60. The molecule has 0 aromatic carbocycles. The van der Waals surface area contributed by atoms with Crippen molar-refractivity contribution in [2.24, 2.45) is 5.73 Å². The Morgan fingerprint density at radius 1 is 1.35 bits per heavy atom. The average molecular weight is 237 g/mol. The van der Waals surface area contributed by atoms with Crippen molar-refractivity contribution in [3.8, 4) is 0 Å². The molecule has 17 heavy (non-hydrogen) atoms. The van der Waals surface area contributed by atoms with Crippen LogP contribution < -0.4 is 5.73 Å². The van der Waals surface area contributed by atoms with Crippen molar-refractivity contribution < 1.29 is 0 Å². The molecule has 0 aliphatic rings. The van der Waals surface area contributed by atoms with E-state index in [1.807, 2.05) is 0 Å². The van der Waals surface area contributed by atoms with Gasteiger partial charge in [0.05, 0.1) is 5.69 Å². The molecule has 3 nitrogen and oxygen atoms in total. The molecule has 2 unspecified atom stereocenters. The Morgan fingerprint density at radius 2 is 2.12 bits per heavy atom. The number of nitrogens with zero attached hydrogens (tertiary/aromatic N) is 2. The quantitative estimate of drug-likeness (QED) is 0.754. The highest BCUT2D eigenvalue weighted by molar-refractivity contribution is 4.99. The molecule has 0 aliphatic heterocycles. The monoisotopic (exact) mass is 237 g/mol. The van der Waals surface area contributed by atoms with Crippen molar-refractivity contribution in [1.82, 2.24) is 9.78 Å². The van der Waals surface area contributed by atoms with Gasteiger partial charge in [-0.1, -0.05) is 20.3 Å². The van der Waals surface area contributed by atoms with Gasteiger partial charge in [0.2, 0.25) is 0 Å². The first-order chi connectivity index (χ1) is 8.17. The fraction of sp³-hybridized carbons (Fsp3) is 0.786. The van der Waals surface area contributed by atoms with Gasteiger partial charge in [0.1, 0.15) is 0 Å². The van der Waals surface area contributed by atoms with E-state index in [0.29, 0.717) is 12.1 Å². The van der Waals surface area contributed by atoms with Crippen LogP contribution in [0.2, 0.25) is 0 Å². The van der Waals surface area contributed by atoms with Gasteiger partial charge in [-0.3, -0.25) is 4.68 Å². The van der Waals surface area contributed by atoms with E-state index in [1.165, 1.54) is 12.1 Å². The van der Waals surface area contributed by atoms with Crippen molar-refractivity contribution in [3.05, 3.63) is 18.0 Å². The minimum atomic E-state index is 0.372. The van der Waals surface area contributed by atoms with E-state index in [-0.39, 0.29) is 0 Å². The molecule has 98 valence electrons. The summed E-state index contributed by atoms with van der Waals surface area (Å²) in [6, 6.07) is 3.01. The zero-order valence-corrected chi connectivity index (χ0v) is 11.5. The average Bonchev–Trinajstić information content (AvgIpc) is 2.77. The summed E-state index contributed by atoms with van der Waals surface area (Å²) in [7, 11) is 0. The van der Waals surface area contributed by atoms with Crippen LogP contribution in [0.4, 0.5) is 0 Å². The van der Waals surface area contributed by atoms with E-state index in [4.69, 9.17) is 5.73 Å². The molecular weight excluding hydrogens is 210 g/mol. The Balaban J connectivity index is 2.30. The molecule has 3 heteroatoms. The lowest BCUT2D eigenvalue weighted by Gasteiger charge is -2.09. The molecule has 0 amide bonds. The number of hydrogen-bond donors (Lipinski definition) is 1. The standard InChI is InChI=1S/C14H27N3/c1-4-7-13(15)8-6-9-14-10-11-17(16-14)12(3)5-2/h10-13H,4-9,15H2,1-3H3. The maximum atomic E-state index is 6.00. The Morgan fingerprint density at radius 3 is 2.76 bits per heavy atom. The molecule has 0 bridgehead atoms. The van der Waals surface area contributed by atoms with Gasteiger partial charge < -0.3 is 5.73 Å². The molecule has 2 atom stereocenters. The summed E-state index contributed by atoms with van der Waals surface area (Å²) < 4.78 is 2.07. The highest BCUT2D eigenvalue weighted by Gasteiger charge is 2.05. The molecular formula is C14H27N3. The first-order valence-corrected chi connectivity index (χ1v) is 6.97. The van der Waals surface area contributed by atoms with E-state index >= 15 is 0 Å². The number of rotatable bonds is 8. The maximum Gasteiger partial charge on any atom is 0.0624 e. The predicted molar refractivity (Wildman–Crippen MR) is 73.1 cm³/mol. The summed E-state index contributed by atoms with van der Waals surface area (Å²) >= 11 is 0. The van der Waals surface area contributed by atoms with Crippen LogP contribution in [0.15, 0.2) is 12.3 Å². The first kappa shape index (κ1) is 14.2. The third-order valence-electron chi connectivity index (χ3n) is 3.37. The smallest absolute Gasteiger partial charge is 0.0624 e. The minimum Gasteiger partial charge on any atom is -0.328 e. The number of nitrogens with two attached hydrogens (primary N) is 1. The zero-order valence-electron chi connectivity index (χ0n) is 11.5. The van der Waals surface area contributed by atoms with Crippen LogP contribution in [-0.4, -0.2) is 15.8 Å². The van der Waals surface area contributed by atoms with E-state index < -0.39 is 0 Å². The summed E-state index contributed by atoms with van der Waals surface area (Å²) in [6.07, 6.45) is 8.87. The van der Waals surface area contributed by atoms with Crippen LogP contribution in [-0.2, 0) is 6.42 Å². The Labute approximate surface area is 105 Å². The highest BCUT2D eigenvalue weighted by Crippen LogP contribution is 2.11. The SMILES string of the molecule is CCCC(N)CCCc1ccn(C(C)CC)n1. The van der Waals surface area contributed by atoms with Gasteiger partial charge >= 0.3 is 0 Å². The molecule has 1 heterocycles. The molecule has 1 aromatic rings. The Kier molecular flexibility index (Phi) is 6.27. The van der Waals surface area contributed by atoms with Gasteiger partial charge in [-0.25, -0.2) is 0 Å². The Bertz CT molecular complexity index is 306. The van der Waals surface area contributed by atoms with Crippen molar-refractivity contribution in [3.63, 3.8) is 0 Å². The van der Waals surface area contributed by atoms with E-state index in [1.54, 1.807) is 0 Å². The third kappa shape index (κ3) is 4.90. The lowest BCUT2D eigenvalue weighted by molar-refractivity contribution is 0.471. The minimum absolute atomic E-state index is 0.372. The molecule has 0 saturated heterocycles. The molecule has 0 fully saturated rings. The van der Waals surface area contributed by atoms with Gasteiger partial charge in [0.15, 0.2) is 0 Å². The van der Waals surface area contributed by atoms with Crippen LogP contribution >= 0.6 is 0 Å². The second kappa shape index (κ2) is 7.49. The molecule has 1 aromatic heterocycles. The van der Waals surface area contributed by atoms with Crippen molar-refractivity contribution in [1.29, 1.82) is 0 Å². The van der Waals surface area contributed by atoms with Crippen LogP contribution in [0.5, 0.6) is 0 Å². The van der Waals surface area contributed by atoms with Gasteiger partial charge in [0.25, 0.3) is 0 Å². The third-order valence-corrected chi connectivity index (χ3v) is 3.37. The largest absolute Gasteiger partial charge is 0.328 e. The van der Waals surface area contributed by atoms with Gasteiger partial charge in [0, 0.05) is 18.3 Å². The molecule has 1 rings (SSSR count). The zero-order chi connectivity index (χ0) is 12.7. The van der Waals surface area contributed by atoms with E-state index in [9.17, 15) is 0 Å². The lowest BCUT2D eigenvalue weighted by Crippen LogP contribution is -2.19. The molecule has 2 N–H and O–H groups in total. The van der Waals surface area contributed by atoms with Gasteiger partial charge in [-0.15, -0.1) is 0 Å². The first-order valence-electron chi connectivity index (χ1n) is 6.97. The second-order valence-corrected chi connectivity index (χ2v) is 4.99. The summed E-state index contributed by atoms with van der Waals surface area (Å²) in [5.74, 6) is 0. The summed E-state index contributed by atoms with van der Waals surface area (Å²) in [6.45, 7) is 6.58. The summed E-state index contributed by atoms with van der Waals surface area (Å²) in [4.78, 5) is 0. The fourth-order valence-corrected chi connectivity index (χ4v) is 2.00. The summed E-state index contributed by atoms with van der Waals surface area (Å²) in [5.41, 5.74) is 7.20. The number of aromatic nitrogens is 2. The molecule has 0 saturated carbocycles. The Hall–Kier alpha value is -0.830. The topological polar surface area (TPSA) is 43.8 Å². The predicted octanol–water partition coefficient (Wildman–Crippen LogP) is 3.30. The lowest BCUT2D eigenvalue weighted by atomic mass is 10.1. The van der Waals surface area contributed by atoms with Crippen LogP contribution in [0.1, 0.15) is 64.6 Å². The van der Waals surface area contributed by atoms with Gasteiger partial charge in [-0.05, 0) is 45.1 Å². The van der Waals surface area contributed by atoms with Crippen molar-refractivity contribution in [2.45, 2.75) is 71.4 Å². The highest BCUT2D eigenvalue weighted by atomic mass is 15.3. The normalized spacial score (nSPS) is 14.8. The fourth-order valence-electron chi connectivity index (χ4n) is 2.00. The number of hydrogen-bond acceptors (Lipinski definition) is 2. The van der Waals surface area contributed by atoms with Crippen molar-refractivity contribution in [2.75, 3.05) is 0 Å². The van der Waals surface area contributed by atoms with Crippen LogP contribution in [0.3, 0.4) is 0 Å². The van der Waals surface area contributed by atoms with Gasteiger partial charge in [-0.2, -0.15) is 5.10 Å². The van der Waals surface area contributed by atoms with E-state index in [2.05, 4.69) is 42.8 Å². The van der Waals surface area contributed by atoms with E-state index in [0.717, 1.165) is 32.1 Å².